The quantitative estimate of drug-likeness (QED) is 0.382. The Hall–Kier alpha value is -3.86. The average Bonchev–Trinajstić information content (AvgIpc) is 3.56. The van der Waals surface area contributed by atoms with Gasteiger partial charge < -0.3 is 14.6 Å². The number of aryl methyl sites for hydroxylation is 1. The second-order valence-electron chi connectivity index (χ2n) is 9.35. The van der Waals surface area contributed by atoms with E-state index in [-0.39, 0.29) is 24.8 Å². The highest BCUT2D eigenvalue weighted by Gasteiger charge is 2.34. The zero-order valence-electron chi connectivity index (χ0n) is 20.4. The van der Waals surface area contributed by atoms with Crippen molar-refractivity contribution in [3.8, 4) is 11.6 Å². The topological polar surface area (TPSA) is 106 Å². The lowest BCUT2D eigenvalue weighted by Gasteiger charge is -2.33. The zero-order chi connectivity index (χ0) is 25.9. The van der Waals surface area contributed by atoms with E-state index in [2.05, 4.69) is 20.7 Å². The Balaban J connectivity index is 1.67. The third kappa shape index (κ3) is 6.22. The molecule has 0 aliphatic carbocycles. The van der Waals surface area contributed by atoms with Crippen molar-refractivity contribution in [2.75, 3.05) is 0 Å². The summed E-state index contributed by atoms with van der Waals surface area (Å²) < 4.78 is 19.2. The number of rotatable bonds is 8. The predicted molar refractivity (Wildman–Crippen MR) is 132 cm³/mol. The Morgan fingerprint density at radius 2 is 1.92 bits per heavy atom. The highest BCUT2D eigenvalue weighted by Crippen LogP contribution is 2.27. The van der Waals surface area contributed by atoms with Crippen LogP contribution in [0.25, 0.3) is 11.6 Å². The summed E-state index contributed by atoms with van der Waals surface area (Å²) >= 11 is 1.47. The van der Waals surface area contributed by atoms with Crippen LogP contribution in [0.1, 0.15) is 43.0 Å². The van der Waals surface area contributed by atoms with Crippen molar-refractivity contribution in [3.63, 3.8) is 0 Å². The van der Waals surface area contributed by atoms with Crippen LogP contribution < -0.4 is 5.32 Å². The number of carbonyl (C=O) groups is 2. The van der Waals surface area contributed by atoms with Crippen molar-refractivity contribution in [1.29, 1.82) is 0 Å². The molecule has 4 rings (SSSR count). The predicted octanol–water partition coefficient (Wildman–Crippen LogP) is 4.13. The van der Waals surface area contributed by atoms with Crippen molar-refractivity contribution in [1.82, 2.24) is 30.4 Å². The van der Waals surface area contributed by atoms with Gasteiger partial charge in [0, 0.05) is 10.4 Å². The lowest BCUT2D eigenvalue weighted by molar-refractivity contribution is -0.143. The fourth-order valence-electron chi connectivity index (χ4n) is 3.63. The largest absolute Gasteiger partial charge is 0.458 e. The standard InChI is InChI=1S/C25H27FN6O3S/c1-16-7-12-20(35-16)23-28-30-32(29-23)15-21(33)31(14-19-6-5-13-36-19)22(24(34)27-25(2,3)4)17-8-10-18(26)11-9-17/h5-13,22H,14-15H2,1-4H3,(H,27,34). The number of hydrogen-bond acceptors (Lipinski definition) is 7. The fourth-order valence-corrected chi connectivity index (χ4v) is 4.33. The molecule has 0 bridgehead atoms. The van der Waals surface area contributed by atoms with Gasteiger partial charge in [-0.25, -0.2) is 4.39 Å². The van der Waals surface area contributed by atoms with Crippen LogP contribution in [-0.2, 0) is 22.7 Å². The van der Waals surface area contributed by atoms with Crippen LogP contribution in [0.15, 0.2) is 58.3 Å². The van der Waals surface area contributed by atoms with E-state index in [0.717, 1.165) is 4.88 Å². The molecule has 0 saturated carbocycles. The molecule has 0 radical (unpaired) electrons. The number of carbonyl (C=O) groups excluding carboxylic acids is 2. The molecule has 2 amide bonds. The van der Waals surface area contributed by atoms with Crippen LogP contribution in [0.4, 0.5) is 4.39 Å². The number of thiophene rings is 1. The zero-order valence-corrected chi connectivity index (χ0v) is 21.3. The van der Waals surface area contributed by atoms with Gasteiger partial charge in [0.2, 0.25) is 17.6 Å². The Labute approximate surface area is 211 Å². The molecule has 36 heavy (non-hydrogen) atoms. The minimum Gasteiger partial charge on any atom is -0.458 e. The lowest BCUT2D eigenvalue weighted by atomic mass is 10.0. The first kappa shape index (κ1) is 25.2. The van der Waals surface area contributed by atoms with Gasteiger partial charge in [0.05, 0.1) is 6.54 Å². The highest BCUT2D eigenvalue weighted by molar-refractivity contribution is 7.09. The van der Waals surface area contributed by atoms with Crippen LogP contribution in [-0.4, -0.2) is 42.5 Å². The summed E-state index contributed by atoms with van der Waals surface area (Å²) in [4.78, 5) is 30.7. The van der Waals surface area contributed by atoms with E-state index < -0.39 is 23.3 Å². The molecule has 1 atom stereocenters. The first-order chi connectivity index (χ1) is 17.1. The van der Waals surface area contributed by atoms with Gasteiger partial charge in [0.15, 0.2) is 5.76 Å². The molecule has 0 spiro atoms. The molecule has 0 saturated heterocycles. The second-order valence-corrected chi connectivity index (χ2v) is 10.4. The first-order valence-electron chi connectivity index (χ1n) is 11.3. The summed E-state index contributed by atoms with van der Waals surface area (Å²) in [5.74, 6) is 0.180. The van der Waals surface area contributed by atoms with Crippen molar-refractivity contribution >= 4 is 23.2 Å². The van der Waals surface area contributed by atoms with Crippen LogP contribution >= 0.6 is 11.3 Å². The number of amides is 2. The molecule has 0 fully saturated rings. The number of tetrazole rings is 1. The van der Waals surface area contributed by atoms with Crippen LogP contribution in [0, 0.1) is 12.7 Å². The Bertz CT molecular complexity index is 1320. The van der Waals surface area contributed by atoms with Gasteiger partial charge >= 0.3 is 0 Å². The van der Waals surface area contributed by atoms with Gasteiger partial charge in [-0.05, 0) is 74.2 Å². The van der Waals surface area contributed by atoms with Gasteiger partial charge in [-0.15, -0.1) is 21.5 Å². The fraction of sp³-hybridized carbons (Fsp3) is 0.320. The summed E-state index contributed by atoms with van der Waals surface area (Å²) in [6.07, 6.45) is 0. The van der Waals surface area contributed by atoms with Crippen LogP contribution in [0.2, 0.25) is 0 Å². The average molecular weight is 511 g/mol. The van der Waals surface area contributed by atoms with E-state index in [4.69, 9.17) is 4.42 Å². The van der Waals surface area contributed by atoms with E-state index >= 15 is 0 Å². The number of halogens is 1. The molecular weight excluding hydrogens is 483 g/mol. The SMILES string of the molecule is Cc1ccc(-c2nnn(CC(=O)N(Cc3cccs3)C(C(=O)NC(C)(C)C)c3ccc(F)cc3)n2)o1. The summed E-state index contributed by atoms with van der Waals surface area (Å²) in [6.45, 7) is 7.30. The highest BCUT2D eigenvalue weighted by atomic mass is 32.1. The molecule has 1 N–H and O–H groups in total. The summed E-state index contributed by atoms with van der Waals surface area (Å²) in [5, 5.41) is 17.1. The van der Waals surface area contributed by atoms with E-state index in [1.54, 1.807) is 19.1 Å². The Morgan fingerprint density at radius 1 is 1.17 bits per heavy atom. The Morgan fingerprint density at radius 3 is 2.53 bits per heavy atom. The molecule has 0 aliphatic heterocycles. The van der Waals surface area contributed by atoms with E-state index in [9.17, 15) is 14.0 Å². The van der Waals surface area contributed by atoms with Crippen molar-refractivity contribution in [2.45, 2.75) is 52.4 Å². The normalized spacial score (nSPS) is 12.4. The first-order valence-corrected chi connectivity index (χ1v) is 12.2. The van der Waals surface area contributed by atoms with Crippen molar-refractivity contribution in [3.05, 3.63) is 75.9 Å². The van der Waals surface area contributed by atoms with Crippen molar-refractivity contribution in [2.24, 2.45) is 0 Å². The summed E-state index contributed by atoms with van der Waals surface area (Å²) in [6, 6.07) is 11.8. The number of hydrogen-bond donors (Lipinski definition) is 1. The van der Waals surface area contributed by atoms with E-state index in [1.807, 2.05) is 38.3 Å². The van der Waals surface area contributed by atoms with Gasteiger partial charge in [0.25, 0.3) is 0 Å². The van der Waals surface area contributed by atoms with Crippen LogP contribution in [0.3, 0.4) is 0 Å². The molecule has 188 valence electrons. The minimum absolute atomic E-state index is 0.176. The molecule has 11 heteroatoms. The van der Waals surface area contributed by atoms with E-state index in [0.29, 0.717) is 17.1 Å². The molecule has 3 aromatic heterocycles. The number of benzene rings is 1. The minimum atomic E-state index is -1.00. The number of nitrogens with one attached hydrogen (secondary N) is 1. The molecular formula is C25H27FN6O3S. The number of furan rings is 1. The second kappa shape index (κ2) is 10.4. The van der Waals surface area contributed by atoms with Crippen LogP contribution in [0.5, 0.6) is 0 Å². The maximum atomic E-state index is 13.7. The Kier molecular flexibility index (Phi) is 7.30. The third-order valence-corrected chi connectivity index (χ3v) is 6.02. The molecule has 1 unspecified atom stereocenters. The maximum absolute atomic E-state index is 13.7. The van der Waals surface area contributed by atoms with Gasteiger partial charge in [-0.3, -0.25) is 9.59 Å². The van der Waals surface area contributed by atoms with Gasteiger partial charge in [-0.1, -0.05) is 18.2 Å². The smallest absolute Gasteiger partial charge is 0.247 e. The third-order valence-electron chi connectivity index (χ3n) is 5.16. The summed E-state index contributed by atoms with van der Waals surface area (Å²) in [7, 11) is 0. The molecule has 4 aromatic rings. The monoisotopic (exact) mass is 510 g/mol. The summed E-state index contributed by atoms with van der Waals surface area (Å²) in [5.41, 5.74) is -0.0577. The molecule has 1 aromatic carbocycles. The van der Waals surface area contributed by atoms with Gasteiger partial charge in [-0.2, -0.15) is 4.80 Å². The number of nitrogens with zero attached hydrogens (tertiary/aromatic N) is 5. The molecule has 0 aliphatic rings. The molecule has 3 heterocycles. The van der Waals surface area contributed by atoms with E-state index in [1.165, 1.54) is 45.3 Å². The number of aromatic nitrogens is 4. The molecule has 9 nitrogen and oxygen atoms in total. The van der Waals surface area contributed by atoms with Gasteiger partial charge in [0.1, 0.15) is 24.2 Å². The maximum Gasteiger partial charge on any atom is 0.247 e. The lowest BCUT2D eigenvalue weighted by Crippen LogP contribution is -2.49. The van der Waals surface area contributed by atoms with Crippen molar-refractivity contribution < 1.29 is 18.4 Å².